The van der Waals surface area contributed by atoms with Crippen molar-refractivity contribution in [1.82, 2.24) is 4.90 Å². The number of piperidine rings is 1. The number of nitrogens with two attached hydrogens (primary N) is 1. The van der Waals surface area contributed by atoms with Gasteiger partial charge in [0, 0.05) is 18.8 Å². The molecule has 3 heteroatoms. The minimum Gasteiger partial charge on any atom is -0.398 e. The molecule has 0 amide bonds. The van der Waals surface area contributed by atoms with Crippen LogP contribution in [0.1, 0.15) is 18.4 Å². The molecule has 0 radical (unpaired) electrons. The van der Waals surface area contributed by atoms with Crippen molar-refractivity contribution in [2.45, 2.75) is 25.5 Å². The highest BCUT2D eigenvalue weighted by Crippen LogP contribution is 2.17. The first-order valence-electron chi connectivity index (χ1n) is 5.49. The molecule has 1 aliphatic rings. The molecule has 1 unspecified atom stereocenters. The molecule has 3 nitrogen and oxygen atoms in total. The van der Waals surface area contributed by atoms with Crippen LogP contribution in [0.3, 0.4) is 0 Å². The third-order valence-corrected chi connectivity index (χ3v) is 2.93. The van der Waals surface area contributed by atoms with Crippen LogP contribution in [-0.2, 0) is 6.54 Å². The molecule has 82 valence electrons. The second-order valence-electron chi connectivity index (χ2n) is 4.23. The van der Waals surface area contributed by atoms with E-state index in [1.54, 1.807) is 0 Å². The first-order valence-corrected chi connectivity index (χ1v) is 5.49. The van der Waals surface area contributed by atoms with Crippen molar-refractivity contribution in [1.29, 1.82) is 0 Å². The van der Waals surface area contributed by atoms with Crippen LogP contribution < -0.4 is 5.73 Å². The number of β-amino-alcohol motifs (C(OH)–C–C–N with tert-alkyl or cyclic N) is 1. The predicted octanol–water partition coefficient (Wildman–Crippen LogP) is 1.23. The topological polar surface area (TPSA) is 49.5 Å². The smallest absolute Gasteiger partial charge is 0.0667 e. The first-order chi connectivity index (χ1) is 7.25. The minimum absolute atomic E-state index is 0.163. The maximum Gasteiger partial charge on any atom is 0.0667 e. The number of hydrogen-bond donors (Lipinski definition) is 2. The third-order valence-electron chi connectivity index (χ3n) is 2.93. The van der Waals surface area contributed by atoms with Gasteiger partial charge in [0.05, 0.1) is 6.10 Å². The zero-order valence-electron chi connectivity index (χ0n) is 8.89. The maximum absolute atomic E-state index is 9.55. The van der Waals surface area contributed by atoms with Gasteiger partial charge in [-0.3, -0.25) is 4.90 Å². The van der Waals surface area contributed by atoms with Crippen LogP contribution in [0, 0.1) is 0 Å². The van der Waals surface area contributed by atoms with E-state index in [1.807, 2.05) is 18.2 Å². The molecule has 0 saturated carbocycles. The van der Waals surface area contributed by atoms with Gasteiger partial charge in [0.15, 0.2) is 0 Å². The Hall–Kier alpha value is -1.06. The number of para-hydroxylation sites is 1. The molecular formula is C12H18N2O. The Balaban J connectivity index is 1.99. The normalized spacial score (nSPS) is 22.9. The summed E-state index contributed by atoms with van der Waals surface area (Å²) in [5.74, 6) is 0. The lowest BCUT2D eigenvalue weighted by molar-refractivity contribution is 0.0669. The molecule has 1 fully saturated rings. The van der Waals surface area contributed by atoms with Crippen LogP contribution in [-0.4, -0.2) is 29.2 Å². The first kappa shape index (κ1) is 10.5. The van der Waals surface area contributed by atoms with Gasteiger partial charge in [-0.1, -0.05) is 18.2 Å². The van der Waals surface area contributed by atoms with Crippen molar-refractivity contribution >= 4 is 5.69 Å². The molecule has 0 aromatic heterocycles. The molecule has 1 aliphatic heterocycles. The fraction of sp³-hybridized carbons (Fsp3) is 0.500. The minimum atomic E-state index is -0.163. The number of likely N-dealkylation sites (tertiary alicyclic amines) is 1. The van der Waals surface area contributed by atoms with Gasteiger partial charge >= 0.3 is 0 Å². The van der Waals surface area contributed by atoms with Gasteiger partial charge in [-0.05, 0) is 31.0 Å². The van der Waals surface area contributed by atoms with Gasteiger partial charge < -0.3 is 10.8 Å². The number of rotatable bonds is 2. The van der Waals surface area contributed by atoms with E-state index in [0.717, 1.165) is 43.7 Å². The summed E-state index contributed by atoms with van der Waals surface area (Å²) in [4.78, 5) is 2.26. The van der Waals surface area contributed by atoms with Gasteiger partial charge in [0.2, 0.25) is 0 Å². The molecule has 1 aromatic rings. The van der Waals surface area contributed by atoms with Crippen molar-refractivity contribution in [3.8, 4) is 0 Å². The van der Waals surface area contributed by atoms with E-state index in [2.05, 4.69) is 11.0 Å². The summed E-state index contributed by atoms with van der Waals surface area (Å²) in [5.41, 5.74) is 7.89. The summed E-state index contributed by atoms with van der Waals surface area (Å²) in [5, 5.41) is 9.55. The van der Waals surface area contributed by atoms with Crippen LogP contribution >= 0.6 is 0 Å². The monoisotopic (exact) mass is 206 g/mol. The molecule has 2 rings (SSSR count). The molecule has 1 atom stereocenters. The second kappa shape index (κ2) is 4.64. The highest BCUT2D eigenvalue weighted by Gasteiger charge is 2.17. The highest BCUT2D eigenvalue weighted by atomic mass is 16.3. The summed E-state index contributed by atoms with van der Waals surface area (Å²) >= 11 is 0. The van der Waals surface area contributed by atoms with Crippen LogP contribution in [0.2, 0.25) is 0 Å². The molecule has 0 bridgehead atoms. The Bertz CT molecular complexity index is 327. The van der Waals surface area contributed by atoms with E-state index in [1.165, 1.54) is 0 Å². The number of nitrogen functional groups attached to an aromatic ring is 1. The van der Waals surface area contributed by atoms with Crippen LogP contribution in [0.5, 0.6) is 0 Å². The fourth-order valence-electron chi connectivity index (χ4n) is 2.09. The van der Waals surface area contributed by atoms with E-state index < -0.39 is 0 Å². The zero-order valence-corrected chi connectivity index (χ0v) is 8.89. The lowest BCUT2D eigenvalue weighted by Gasteiger charge is -2.30. The number of hydrogen-bond acceptors (Lipinski definition) is 3. The molecule has 15 heavy (non-hydrogen) atoms. The summed E-state index contributed by atoms with van der Waals surface area (Å²) in [7, 11) is 0. The zero-order chi connectivity index (χ0) is 10.7. The number of anilines is 1. The van der Waals surface area contributed by atoms with Gasteiger partial charge in [-0.2, -0.15) is 0 Å². The Kier molecular flexibility index (Phi) is 3.23. The fourth-order valence-corrected chi connectivity index (χ4v) is 2.09. The van der Waals surface area contributed by atoms with E-state index in [9.17, 15) is 5.11 Å². The molecule has 0 aliphatic carbocycles. The van der Waals surface area contributed by atoms with Crippen molar-refractivity contribution in [2.24, 2.45) is 0 Å². The Labute approximate surface area is 90.5 Å². The highest BCUT2D eigenvalue weighted by molar-refractivity contribution is 5.46. The molecule has 3 N–H and O–H groups in total. The van der Waals surface area contributed by atoms with E-state index >= 15 is 0 Å². The molecule has 1 saturated heterocycles. The Morgan fingerprint density at radius 2 is 2.20 bits per heavy atom. The maximum atomic E-state index is 9.55. The quantitative estimate of drug-likeness (QED) is 0.715. The molecule has 1 aromatic carbocycles. The van der Waals surface area contributed by atoms with Gasteiger partial charge in [0.1, 0.15) is 0 Å². The number of benzene rings is 1. The summed E-state index contributed by atoms with van der Waals surface area (Å²) in [6.07, 6.45) is 1.85. The summed E-state index contributed by atoms with van der Waals surface area (Å²) < 4.78 is 0. The molecular weight excluding hydrogens is 188 g/mol. The van der Waals surface area contributed by atoms with E-state index in [0.29, 0.717) is 0 Å². The van der Waals surface area contributed by atoms with Crippen LogP contribution in [0.25, 0.3) is 0 Å². The van der Waals surface area contributed by atoms with E-state index in [4.69, 9.17) is 5.73 Å². The Morgan fingerprint density at radius 1 is 1.40 bits per heavy atom. The van der Waals surface area contributed by atoms with Gasteiger partial charge in [-0.15, -0.1) is 0 Å². The molecule has 0 spiro atoms. The average Bonchev–Trinajstić information content (AvgIpc) is 2.22. The van der Waals surface area contributed by atoms with Crippen LogP contribution in [0.15, 0.2) is 24.3 Å². The van der Waals surface area contributed by atoms with Crippen LogP contribution in [0.4, 0.5) is 5.69 Å². The van der Waals surface area contributed by atoms with Gasteiger partial charge in [0.25, 0.3) is 0 Å². The second-order valence-corrected chi connectivity index (χ2v) is 4.23. The number of aliphatic hydroxyl groups is 1. The summed E-state index contributed by atoms with van der Waals surface area (Å²) in [6, 6.07) is 7.93. The van der Waals surface area contributed by atoms with Crippen molar-refractivity contribution in [3.63, 3.8) is 0 Å². The van der Waals surface area contributed by atoms with E-state index in [-0.39, 0.29) is 6.10 Å². The van der Waals surface area contributed by atoms with Crippen molar-refractivity contribution < 1.29 is 5.11 Å². The average molecular weight is 206 g/mol. The standard InChI is InChI=1S/C12H18N2O/c13-12-6-2-1-4-10(12)8-14-7-3-5-11(15)9-14/h1-2,4,6,11,15H,3,5,7-9,13H2. The van der Waals surface area contributed by atoms with Gasteiger partial charge in [-0.25, -0.2) is 0 Å². The Morgan fingerprint density at radius 3 is 2.93 bits per heavy atom. The van der Waals surface area contributed by atoms with Crippen molar-refractivity contribution in [3.05, 3.63) is 29.8 Å². The van der Waals surface area contributed by atoms with Crippen molar-refractivity contribution in [2.75, 3.05) is 18.8 Å². The number of aliphatic hydroxyl groups excluding tert-OH is 1. The lowest BCUT2D eigenvalue weighted by atomic mass is 10.1. The lowest BCUT2D eigenvalue weighted by Crippen LogP contribution is -2.37. The largest absolute Gasteiger partial charge is 0.398 e. The predicted molar refractivity (Wildman–Crippen MR) is 61.4 cm³/mol. The molecule has 1 heterocycles. The third kappa shape index (κ3) is 2.70. The SMILES string of the molecule is Nc1ccccc1CN1CCCC(O)C1. The summed E-state index contributed by atoms with van der Waals surface area (Å²) in [6.45, 7) is 2.68. The number of nitrogens with zero attached hydrogens (tertiary/aromatic N) is 1.